The summed E-state index contributed by atoms with van der Waals surface area (Å²) in [5, 5.41) is 4.07. The number of anilines is 1. The van der Waals surface area contributed by atoms with Crippen molar-refractivity contribution in [3.8, 4) is 0 Å². The number of rotatable bonds is 3. The number of hydrazone groups is 1. The molecule has 0 aliphatic carbocycles. The van der Waals surface area contributed by atoms with Crippen molar-refractivity contribution < 1.29 is 0 Å². The Morgan fingerprint density at radius 1 is 1.00 bits per heavy atom. The predicted molar refractivity (Wildman–Crippen MR) is 71.7 cm³/mol. The lowest BCUT2D eigenvalue weighted by Gasteiger charge is -2.01. The monoisotopic (exact) mass is 241 g/mol. The van der Waals surface area contributed by atoms with Crippen molar-refractivity contribution in [2.75, 3.05) is 5.43 Å². The Morgan fingerprint density at radius 2 is 1.72 bits per heavy atom. The van der Waals surface area contributed by atoms with Crippen LogP contribution in [0.2, 0.25) is 0 Å². The number of hydrogen-bond acceptors (Lipinski definition) is 5. The van der Waals surface area contributed by atoms with Crippen LogP contribution in [0.5, 0.6) is 0 Å². The van der Waals surface area contributed by atoms with Gasteiger partial charge in [-0.05, 0) is 39.0 Å². The lowest BCUT2D eigenvalue weighted by Crippen LogP contribution is -2.00. The maximum absolute atomic E-state index is 4.31. The molecule has 2 rings (SSSR count). The summed E-state index contributed by atoms with van der Waals surface area (Å²) in [5.41, 5.74) is 6.38. The minimum atomic E-state index is 0.497. The Labute approximate surface area is 106 Å². The molecule has 0 atom stereocenters. The minimum absolute atomic E-state index is 0.497. The molecule has 0 bridgehead atoms. The highest BCUT2D eigenvalue weighted by molar-refractivity contribution is 5.77. The summed E-state index contributed by atoms with van der Waals surface area (Å²) in [6.07, 6.45) is 1.65. The number of aromatic nitrogens is 3. The molecule has 2 heterocycles. The van der Waals surface area contributed by atoms with E-state index in [0.29, 0.717) is 5.95 Å². The molecule has 92 valence electrons. The second kappa shape index (κ2) is 5.35. The standard InChI is InChI=1S/C13H15N5/c1-9-5-4-6-12(15-9)8-14-18-13-16-10(2)7-11(3)17-13/h4-8H,1-3H3,(H,16,17,18)/b14-8-. The quantitative estimate of drug-likeness (QED) is 0.661. The molecular formula is C13H15N5. The van der Waals surface area contributed by atoms with E-state index in [2.05, 4.69) is 25.5 Å². The van der Waals surface area contributed by atoms with E-state index in [0.717, 1.165) is 22.8 Å². The molecule has 18 heavy (non-hydrogen) atoms. The molecule has 0 saturated carbocycles. The maximum Gasteiger partial charge on any atom is 0.243 e. The molecular weight excluding hydrogens is 226 g/mol. The van der Waals surface area contributed by atoms with Crippen molar-refractivity contribution in [3.63, 3.8) is 0 Å². The van der Waals surface area contributed by atoms with E-state index in [1.54, 1.807) is 6.21 Å². The van der Waals surface area contributed by atoms with Gasteiger partial charge < -0.3 is 0 Å². The van der Waals surface area contributed by atoms with E-state index in [1.807, 2.05) is 45.0 Å². The Bertz CT molecular complexity index is 557. The lowest BCUT2D eigenvalue weighted by molar-refractivity contribution is 1.03. The highest BCUT2D eigenvalue weighted by Gasteiger charge is 1.97. The maximum atomic E-state index is 4.31. The van der Waals surface area contributed by atoms with Gasteiger partial charge in [0.2, 0.25) is 5.95 Å². The number of hydrogen-bond donors (Lipinski definition) is 1. The summed E-state index contributed by atoms with van der Waals surface area (Å²) >= 11 is 0. The summed E-state index contributed by atoms with van der Waals surface area (Å²) in [6.45, 7) is 5.79. The van der Waals surface area contributed by atoms with Crippen LogP contribution in [0, 0.1) is 20.8 Å². The molecule has 0 aliphatic rings. The fourth-order valence-electron chi connectivity index (χ4n) is 1.57. The van der Waals surface area contributed by atoms with E-state index in [-0.39, 0.29) is 0 Å². The summed E-state index contributed by atoms with van der Waals surface area (Å²) in [5.74, 6) is 0.497. The van der Waals surface area contributed by atoms with E-state index in [4.69, 9.17) is 0 Å². The van der Waals surface area contributed by atoms with Crippen molar-refractivity contribution >= 4 is 12.2 Å². The van der Waals surface area contributed by atoms with Crippen molar-refractivity contribution in [1.29, 1.82) is 0 Å². The molecule has 2 aromatic rings. The van der Waals surface area contributed by atoms with Crippen LogP contribution in [-0.4, -0.2) is 21.2 Å². The van der Waals surface area contributed by atoms with Crippen LogP contribution in [0.4, 0.5) is 5.95 Å². The third kappa shape index (κ3) is 3.35. The van der Waals surface area contributed by atoms with E-state index in [9.17, 15) is 0 Å². The number of aryl methyl sites for hydroxylation is 3. The molecule has 0 spiro atoms. The van der Waals surface area contributed by atoms with Crippen LogP contribution in [0.3, 0.4) is 0 Å². The van der Waals surface area contributed by atoms with Crippen LogP contribution in [-0.2, 0) is 0 Å². The highest BCUT2D eigenvalue weighted by Crippen LogP contribution is 2.03. The molecule has 2 aromatic heterocycles. The molecule has 0 radical (unpaired) electrons. The molecule has 0 saturated heterocycles. The number of pyridine rings is 1. The summed E-state index contributed by atoms with van der Waals surface area (Å²) < 4.78 is 0. The van der Waals surface area contributed by atoms with Crippen molar-refractivity contribution in [2.24, 2.45) is 5.10 Å². The average Bonchev–Trinajstić information content (AvgIpc) is 2.27. The Hall–Kier alpha value is -2.30. The van der Waals surface area contributed by atoms with Gasteiger partial charge in [-0.25, -0.2) is 15.4 Å². The fraction of sp³-hybridized carbons (Fsp3) is 0.231. The molecule has 5 heteroatoms. The smallest absolute Gasteiger partial charge is 0.243 e. The third-order valence-electron chi connectivity index (χ3n) is 2.25. The van der Waals surface area contributed by atoms with E-state index < -0.39 is 0 Å². The minimum Gasteiger partial charge on any atom is -0.252 e. The van der Waals surface area contributed by atoms with Crippen LogP contribution >= 0.6 is 0 Å². The van der Waals surface area contributed by atoms with Crippen LogP contribution < -0.4 is 5.43 Å². The molecule has 1 N–H and O–H groups in total. The Morgan fingerprint density at radius 3 is 2.39 bits per heavy atom. The molecule has 5 nitrogen and oxygen atoms in total. The molecule has 0 unspecified atom stereocenters. The summed E-state index contributed by atoms with van der Waals surface area (Å²) in [4.78, 5) is 12.8. The average molecular weight is 241 g/mol. The van der Waals surface area contributed by atoms with Gasteiger partial charge in [-0.15, -0.1) is 0 Å². The zero-order valence-electron chi connectivity index (χ0n) is 10.7. The largest absolute Gasteiger partial charge is 0.252 e. The van der Waals surface area contributed by atoms with Gasteiger partial charge in [0.1, 0.15) is 0 Å². The second-order valence-electron chi connectivity index (χ2n) is 4.05. The lowest BCUT2D eigenvalue weighted by atomic mass is 10.3. The van der Waals surface area contributed by atoms with Crippen LogP contribution in [0.15, 0.2) is 29.4 Å². The van der Waals surface area contributed by atoms with Crippen molar-refractivity contribution in [1.82, 2.24) is 15.0 Å². The van der Waals surface area contributed by atoms with Gasteiger partial charge in [-0.3, -0.25) is 4.98 Å². The molecule has 0 fully saturated rings. The third-order valence-corrected chi connectivity index (χ3v) is 2.25. The number of nitrogens with zero attached hydrogens (tertiary/aromatic N) is 4. The first-order chi connectivity index (χ1) is 8.63. The Balaban J connectivity index is 2.07. The zero-order chi connectivity index (χ0) is 13.0. The van der Waals surface area contributed by atoms with Gasteiger partial charge >= 0.3 is 0 Å². The van der Waals surface area contributed by atoms with Gasteiger partial charge in [-0.2, -0.15) is 5.10 Å². The van der Waals surface area contributed by atoms with Gasteiger partial charge in [0.25, 0.3) is 0 Å². The van der Waals surface area contributed by atoms with Gasteiger partial charge in [0, 0.05) is 17.1 Å². The van der Waals surface area contributed by atoms with Crippen molar-refractivity contribution in [2.45, 2.75) is 20.8 Å². The summed E-state index contributed by atoms with van der Waals surface area (Å²) in [6, 6.07) is 7.69. The zero-order valence-corrected chi connectivity index (χ0v) is 10.7. The SMILES string of the molecule is Cc1cccc(/C=N\Nc2nc(C)cc(C)n2)n1. The highest BCUT2D eigenvalue weighted by atomic mass is 15.3. The van der Waals surface area contributed by atoms with Gasteiger partial charge in [-0.1, -0.05) is 6.07 Å². The number of nitrogens with one attached hydrogen (secondary N) is 1. The fourth-order valence-corrected chi connectivity index (χ4v) is 1.57. The predicted octanol–water partition coefficient (Wildman–Crippen LogP) is 2.24. The van der Waals surface area contributed by atoms with Crippen molar-refractivity contribution in [3.05, 3.63) is 47.0 Å². The summed E-state index contributed by atoms with van der Waals surface area (Å²) in [7, 11) is 0. The first kappa shape index (κ1) is 12.2. The first-order valence-electron chi connectivity index (χ1n) is 5.68. The Kier molecular flexibility index (Phi) is 3.62. The normalized spacial score (nSPS) is 10.8. The van der Waals surface area contributed by atoms with Crippen LogP contribution in [0.25, 0.3) is 0 Å². The molecule has 0 amide bonds. The first-order valence-corrected chi connectivity index (χ1v) is 5.68. The van der Waals surface area contributed by atoms with Gasteiger partial charge in [0.05, 0.1) is 11.9 Å². The van der Waals surface area contributed by atoms with Gasteiger partial charge in [0.15, 0.2) is 0 Å². The topological polar surface area (TPSA) is 63.1 Å². The second-order valence-corrected chi connectivity index (χ2v) is 4.05. The van der Waals surface area contributed by atoms with E-state index >= 15 is 0 Å². The van der Waals surface area contributed by atoms with E-state index in [1.165, 1.54) is 0 Å². The van der Waals surface area contributed by atoms with Crippen LogP contribution in [0.1, 0.15) is 22.8 Å². The molecule has 0 aliphatic heterocycles. The molecule has 0 aromatic carbocycles.